The van der Waals surface area contributed by atoms with Crippen LogP contribution in [0.5, 0.6) is 17.2 Å². The highest BCUT2D eigenvalue weighted by Gasteiger charge is 2.11. The van der Waals surface area contributed by atoms with Gasteiger partial charge in [-0.25, -0.2) is 4.79 Å². The summed E-state index contributed by atoms with van der Waals surface area (Å²) in [5.41, 5.74) is 0.936. The number of alkyl halides is 2. The van der Waals surface area contributed by atoms with E-state index in [1.54, 1.807) is 12.1 Å². The molecule has 0 bridgehead atoms. The highest BCUT2D eigenvalue weighted by Crippen LogP contribution is 2.26. The topological polar surface area (TPSA) is 44.8 Å². The average molecular weight is 370 g/mol. The summed E-state index contributed by atoms with van der Waals surface area (Å²) in [6, 6.07) is 21.8. The van der Waals surface area contributed by atoms with Crippen molar-refractivity contribution in [3.8, 4) is 17.2 Å². The van der Waals surface area contributed by atoms with E-state index in [1.165, 1.54) is 24.3 Å². The van der Waals surface area contributed by atoms with Crippen molar-refractivity contribution in [1.29, 1.82) is 0 Å². The number of hydrogen-bond acceptors (Lipinski definition) is 4. The Morgan fingerprint density at radius 1 is 0.815 bits per heavy atom. The van der Waals surface area contributed by atoms with Gasteiger partial charge in [0.05, 0.1) is 5.56 Å². The molecule has 0 fully saturated rings. The molecule has 0 spiro atoms. The average Bonchev–Trinajstić information content (AvgIpc) is 2.68. The summed E-state index contributed by atoms with van der Waals surface area (Å²) in [6.45, 7) is -2.90. The molecule has 0 unspecified atom stereocenters. The number of carbonyl (C=O) groups is 1. The quantitative estimate of drug-likeness (QED) is 0.520. The highest BCUT2D eigenvalue weighted by molar-refractivity contribution is 5.89. The van der Waals surface area contributed by atoms with Crippen LogP contribution in [0, 0.1) is 0 Å². The van der Waals surface area contributed by atoms with Gasteiger partial charge in [0.1, 0.15) is 23.9 Å². The van der Waals surface area contributed by atoms with Crippen molar-refractivity contribution >= 4 is 5.97 Å². The molecule has 27 heavy (non-hydrogen) atoms. The standard InChI is InChI=1S/C21H16F2O4/c22-21(23)27-18-12-10-15(11-13-18)20(24)25-14-16-6-4-5-9-19(16)26-17-7-2-1-3-8-17/h1-13,21H,14H2. The molecule has 0 atom stereocenters. The first-order valence-corrected chi connectivity index (χ1v) is 8.14. The lowest BCUT2D eigenvalue weighted by molar-refractivity contribution is -0.0498. The van der Waals surface area contributed by atoms with Gasteiger partial charge in [0.2, 0.25) is 0 Å². The van der Waals surface area contributed by atoms with E-state index in [0.29, 0.717) is 17.1 Å². The summed E-state index contributed by atoms with van der Waals surface area (Å²) in [5.74, 6) is 0.652. The molecular formula is C21H16F2O4. The molecule has 0 heterocycles. The molecular weight excluding hydrogens is 354 g/mol. The maximum absolute atomic E-state index is 12.2. The SMILES string of the molecule is O=C(OCc1ccccc1Oc1ccccc1)c1ccc(OC(F)F)cc1. The van der Waals surface area contributed by atoms with Crippen LogP contribution < -0.4 is 9.47 Å². The van der Waals surface area contributed by atoms with Gasteiger partial charge >= 0.3 is 12.6 Å². The monoisotopic (exact) mass is 370 g/mol. The van der Waals surface area contributed by atoms with Gasteiger partial charge in [-0.1, -0.05) is 36.4 Å². The van der Waals surface area contributed by atoms with Gasteiger partial charge in [-0.15, -0.1) is 0 Å². The Morgan fingerprint density at radius 3 is 2.19 bits per heavy atom. The maximum Gasteiger partial charge on any atom is 0.387 e. The van der Waals surface area contributed by atoms with Crippen LogP contribution in [-0.4, -0.2) is 12.6 Å². The molecule has 0 radical (unpaired) electrons. The van der Waals surface area contributed by atoms with Crippen LogP contribution in [0.3, 0.4) is 0 Å². The molecule has 0 saturated carbocycles. The molecule has 0 aliphatic heterocycles. The van der Waals surface area contributed by atoms with E-state index < -0.39 is 12.6 Å². The number of halogens is 2. The van der Waals surface area contributed by atoms with E-state index >= 15 is 0 Å². The lowest BCUT2D eigenvalue weighted by Crippen LogP contribution is -2.06. The maximum atomic E-state index is 12.2. The minimum Gasteiger partial charge on any atom is -0.457 e. The summed E-state index contributed by atoms with van der Waals surface area (Å²) in [4.78, 5) is 12.2. The largest absolute Gasteiger partial charge is 0.457 e. The Balaban J connectivity index is 1.63. The third kappa shape index (κ3) is 5.28. The predicted molar refractivity (Wildman–Crippen MR) is 95.2 cm³/mol. The zero-order valence-corrected chi connectivity index (χ0v) is 14.2. The summed E-state index contributed by atoms with van der Waals surface area (Å²) >= 11 is 0. The zero-order chi connectivity index (χ0) is 19.1. The van der Waals surface area contributed by atoms with E-state index in [-0.39, 0.29) is 17.9 Å². The molecule has 3 aromatic carbocycles. The van der Waals surface area contributed by atoms with E-state index in [2.05, 4.69) is 4.74 Å². The van der Waals surface area contributed by atoms with Crippen LogP contribution in [0.1, 0.15) is 15.9 Å². The molecule has 3 aromatic rings. The van der Waals surface area contributed by atoms with Crippen molar-refractivity contribution in [1.82, 2.24) is 0 Å². The number of esters is 1. The highest BCUT2D eigenvalue weighted by atomic mass is 19.3. The first kappa shape index (κ1) is 18.4. The van der Waals surface area contributed by atoms with E-state index in [9.17, 15) is 13.6 Å². The Labute approximate surface area is 154 Å². The second-order valence-corrected chi connectivity index (χ2v) is 5.50. The molecule has 3 rings (SSSR count). The molecule has 0 aromatic heterocycles. The number of carbonyl (C=O) groups excluding carboxylic acids is 1. The molecule has 0 saturated heterocycles. The van der Waals surface area contributed by atoms with Gasteiger partial charge in [0, 0.05) is 5.56 Å². The molecule has 0 aliphatic rings. The van der Waals surface area contributed by atoms with E-state index in [0.717, 1.165) is 0 Å². The van der Waals surface area contributed by atoms with Crippen molar-refractivity contribution < 1.29 is 27.8 Å². The zero-order valence-electron chi connectivity index (χ0n) is 14.2. The fourth-order valence-corrected chi connectivity index (χ4v) is 2.34. The van der Waals surface area contributed by atoms with Crippen molar-refractivity contribution in [2.45, 2.75) is 13.2 Å². The van der Waals surface area contributed by atoms with Crippen molar-refractivity contribution in [2.75, 3.05) is 0 Å². The molecule has 138 valence electrons. The Kier molecular flexibility index (Phi) is 5.99. The smallest absolute Gasteiger partial charge is 0.387 e. The Hall–Kier alpha value is -3.41. The van der Waals surface area contributed by atoms with Crippen LogP contribution >= 0.6 is 0 Å². The third-order valence-electron chi connectivity index (χ3n) is 3.62. The van der Waals surface area contributed by atoms with Crippen LogP contribution in [0.15, 0.2) is 78.9 Å². The minimum atomic E-state index is -2.91. The number of benzene rings is 3. The van der Waals surface area contributed by atoms with Crippen LogP contribution in [0.25, 0.3) is 0 Å². The molecule has 4 nitrogen and oxygen atoms in total. The molecule has 0 amide bonds. The summed E-state index contributed by atoms with van der Waals surface area (Å²) in [5, 5.41) is 0. The van der Waals surface area contributed by atoms with Crippen LogP contribution in [0.2, 0.25) is 0 Å². The fraction of sp³-hybridized carbons (Fsp3) is 0.0952. The lowest BCUT2D eigenvalue weighted by atomic mass is 10.2. The Morgan fingerprint density at radius 2 is 1.48 bits per heavy atom. The Bertz CT molecular complexity index is 880. The lowest BCUT2D eigenvalue weighted by Gasteiger charge is -2.12. The third-order valence-corrected chi connectivity index (χ3v) is 3.62. The predicted octanol–water partition coefficient (Wildman–Crippen LogP) is 5.44. The van der Waals surface area contributed by atoms with Gasteiger partial charge in [-0.05, 0) is 42.5 Å². The summed E-state index contributed by atoms with van der Waals surface area (Å²) in [7, 11) is 0. The van der Waals surface area contributed by atoms with Crippen molar-refractivity contribution in [2.24, 2.45) is 0 Å². The molecule has 0 N–H and O–H groups in total. The van der Waals surface area contributed by atoms with Crippen molar-refractivity contribution in [3.05, 3.63) is 90.0 Å². The second-order valence-electron chi connectivity index (χ2n) is 5.50. The molecule has 0 aliphatic carbocycles. The second kappa shape index (κ2) is 8.80. The van der Waals surface area contributed by atoms with Crippen LogP contribution in [-0.2, 0) is 11.3 Å². The minimum absolute atomic E-state index is 0.0110. The van der Waals surface area contributed by atoms with Gasteiger partial charge in [-0.3, -0.25) is 0 Å². The van der Waals surface area contributed by atoms with Gasteiger partial charge in [0.15, 0.2) is 0 Å². The first-order valence-electron chi connectivity index (χ1n) is 8.14. The van der Waals surface area contributed by atoms with Gasteiger partial charge < -0.3 is 14.2 Å². The van der Waals surface area contributed by atoms with Crippen LogP contribution in [0.4, 0.5) is 8.78 Å². The summed E-state index contributed by atoms with van der Waals surface area (Å²) in [6.07, 6.45) is 0. The molecule has 6 heteroatoms. The van der Waals surface area contributed by atoms with E-state index in [4.69, 9.17) is 9.47 Å². The summed E-state index contributed by atoms with van der Waals surface area (Å²) < 4.78 is 39.7. The fourth-order valence-electron chi connectivity index (χ4n) is 2.34. The van der Waals surface area contributed by atoms with Crippen molar-refractivity contribution in [3.63, 3.8) is 0 Å². The number of hydrogen-bond donors (Lipinski definition) is 0. The number of ether oxygens (including phenoxy) is 3. The van der Waals surface area contributed by atoms with Gasteiger partial charge in [-0.2, -0.15) is 8.78 Å². The first-order chi connectivity index (χ1) is 13.1. The van der Waals surface area contributed by atoms with E-state index in [1.807, 2.05) is 42.5 Å². The normalized spacial score (nSPS) is 10.5. The van der Waals surface area contributed by atoms with Gasteiger partial charge in [0.25, 0.3) is 0 Å². The number of para-hydroxylation sites is 2. The number of rotatable bonds is 7.